The van der Waals surface area contributed by atoms with Crippen molar-refractivity contribution < 1.29 is 19.3 Å². The van der Waals surface area contributed by atoms with E-state index < -0.39 is 0 Å². The summed E-state index contributed by atoms with van der Waals surface area (Å²) in [5.74, 6) is 0.342. The maximum absolute atomic E-state index is 9.47. The largest absolute Gasteiger partial charge is 0.396 e. The van der Waals surface area contributed by atoms with E-state index in [2.05, 4.69) is 13.8 Å². The zero-order valence-electron chi connectivity index (χ0n) is 12.0. The van der Waals surface area contributed by atoms with Crippen molar-refractivity contribution in [2.45, 2.75) is 20.3 Å². The van der Waals surface area contributed by atoms with Crippen molar-refractivity contribution >= 4 is 0 Å². The molecule has 0 radical (unpaired) electrons. The van der Waals surface area contributed by atoms with E-state index >= 15 is 0 Å². The van der Waals surface area contributed by atoms with E-state index in [9.17, 15) is 5.11 Å². The fourth-order valence-electron chi connectivity index (χ4n) is 1.69. The number of methoxy groups -OCH3 is 1. The van der Waals surface area contributed by atoms with E-state index in [1.165, 1.54) is 0 Å². The Morgan fingerprint density at radius 2 is 1.61 bits per heavy atom. The number of aliphatic hydroxyl groups is 1. The van der Waals surface area contributed by atoms with Crippen molar-refractivity contribution in [3.8, 4) is 0 Å². The van der Waals surface area contributed by atoms with Crippen LogP contribution in [0.3, 0.4) is 0 Å². The highest BCUT2D eigenvalue weighted by atomic mass is 16.5. The van der Waals surface area contributed by atoms with Gasteiger partial charge in [-0.05, 0) is 12.3 Å². The SMILES string of the molecule is COCCOCCOCCC(CN)(CO)C(C)C. The number of nitrogens with two attached hydrogens (primary N) is 1. The molecule has 1 atom stereocenters. The van der Waals surface area contributed by atoms with Crippen LogP contribution in [0.2, 0.25) is 0 Å². The second-order valence-corrected chi connectivity index (χ2v) is 4.85. The van der Waals surface area contributed by atoms with Crippen LogP contribution in [0.1, 0.15) is 20.3 Å². The van der Waals surface area contributed by atoms with Crippen molar-refractivity contribution in [3.05, 3.63) is 0 Å². The van der Waals surface area contributed by atoms with Gasteiger partial charge in [0.1, 0.15) is 0 Å². The smallest absolute Gasteiger partial charge is 0.0701 e. The number of aliphatic hydroxyl groups excluding tert-OH is 1. The lowest BCUT2D eigenvalue weighted by Crippen LogP contribution is -2.40. The summed E-state index contributed by atoms with van der Waals surface area (Å²) < 4.78 is 15.6. The first-order valence-electron chi connectivity index (χ1n) is 6.58. The van der Waals surface area contributed by atoms with Gasteiger partial charge in [0, 0.05) is 25.7 Å². The number of rotatable bonds is 12. The second-order valence-electron chi connectivity index (χ2n) is 4.85. The van der Waals surface area contributed by atoms with Crippen LogP contribution < -0.4 is 5.73 Å². The van der Waals surface area contributed by atoms with Gasteiger partial charge in [-0.2, -0.15) is 0 Å². The molecule has 1 unspecified atom stereocenters. The molecule has 0 saturated carbocycles. The highest BCUT2D eigenvalue weighted by molar-refractivity contribution is 4.82. The van der Waals surface area contributed by atoms with Gasteiger partial charge >= 0.3 is 0 Å². The second kappa shape index (κ2) is 10.7. The molecule has 0 aromatic heterocycles. The Balaban J connectivity index is 3.62. The first kappa shape index (κ1) is 17.8. The third-order valence-corrected chi connectivity index (χ3v) is 3.49. The Bertz CT molecular complexity index is 184. The Hall–Kier alpha value is -0.200. The van der Waals surface area contributed by atoms with Gasteiger partial charge in [0.25, 0.3) is 0 Å². The number of hydrogen-bond donors (Lipinski definition) is 2. The van der Waals surface area contributed by atoms with E-state index in [1.54, 1.807) is 7.11 Å². The van der Waals surface area contributed by atoms with Crippen molar-refractivity contribution in [1.82, 2.24) is 0 Å². The monoisotopic (exact) mass is 263 g/mol. The molecule has 0 heterocycles. The quantitative estimate of drug-likeness (QED) is 0.506. The summed E-state index contributed by atoms with van der Waals surface area (Å²) in [6, 6.07) is 0. The summed E-state index contributed by atoms with van der Waals surface area (Å²) in [6.45, 7) is 7.68. The third kappa shape index (κ3) is 6.66. The maximum atomic E-state index is 9.47. The molecule has 0 fully saturated rings. The lowest BCUT2D eigenvalue weighted by atomic mass is 9.75. The molecule has 0 bridgehead atoms. The highest BCUT2D eigenvalue weighted by Gasteiger charge is 2.31. The lowest BCUT2D eigenvalue weighted by Gasteiger charge is -2.34. The summed E-state index contributed by atoms with van der Waals surface area (Å²) in [7, 11) is 1.65. The molecule has 0 aliphatic heterocycles. The molecule has 18 heavy (non-hydrogen) atoms. The third-order valence-electron chi connectivity index (χ3n) is 3.49. The summed E-state index contributed by atoms with van der Waals surface area (Å²) in [5, 5.41) is 9.47. The van der Waals surface area contributed by atoms with Crippen LogP contribution in [-0.4, -0.2) is 58.4 Å². The van der Waals surface area contributed by atoms with E-state index in [4.69, 9.17) is 19.9 Å². The van der Waals surface area contributed by atoms with Gasteiger partial charge in [0.05, 0.1) is 33.0 Å². The molecule has 0 aliphatic carbocycles. The molecule has 0 rings (SSSR count). The first-order chi connectivity index (χ1) is 8.63. The topological polar surface area (TPSA) is 73.9 Å². The zero-order chi connectivity index (χ0) is 13.9. The first-order valence-corrected chi connectivity index (χ1v) is 6.58. The van der Waals surface area contributed by atoms with Crippen molar-refractivity contribution in [2.75, 3.05) is 53.3 Å². The standard InChI is InChI=1S/C13H29NO4/c1-12(2)13(10-14,11-15)4-5-17-8-9-18-7-6-16-3/h12,15H,4-11,14H2,1-3H3. The zero-order valence-corrected chi connectivity index (χ0v) is 12.0. The predicted octanol–water partition coefficient (Wildman–Crippen LogP) is 0.650. The van der Waals surface area contributed by atoms with Crippen molar-refractivity contribution in [1.29, 1.82) is 0 Å². The van der Waals surface area contributed by atoms with Crippen LogP contribution in [0.5, 0.6) is 0 Å². The molecule has 0 aliphatic rings. The minimum Gasteiger partial charge on any atom is -0.396 e. The van der Waals surface area contributed by atoms with E-state index in [-0.39, 0.29) is 12.0 Å². The molecule has 3 N–H and O–H groups in total. The predicted molar refractivity (Wildman–Crippen MR) is 71.5 cm³/mol. The van der Waals surface area contributed by atoms with E-state index in [0.29, 0.717) is 45.5 Å². The molecule has 0 aromatic rings. The summed E-state index contributed by atoms with van der Waals surface area (Å²) in [5.41, 5.74) is 5.54. The minimum atomic E-state index is -0.225. The van der Waals surface area contributed by atoms with Crippen LogP contribution in [0, 0.1) is 11.3 Å². The summed E-state index contributed by atoms with van der Waals surface area (Å²) in [6.07, 6.45) is 0.774. The van der Waals surface area contributed by atoms with Crippen LogP contribution in [-0.2, 0) is 14.2 Å². The van der Waals surface area contributed by atoms with Gasteiger partial charge < -0.3 is 25.1 Å². The maximum Gasteiger partial charge on any atom is 0.0701 e. The van der Waals surface area contributed by atoms with Gasteiger partial charge in [-0.25, -0.2) is 0 Å². The average Bonchev–Trinajstić information content (AvgIpc) is 2.37. The van der Waals surface area contributed by atoms with Gasteiger partial charge in [-0.3, -0.25) is 0 Å². The Morgan fingerprint density at radius 1 is 1.06 bits per heavy atom. The molecule has 110 valence electrons. The molecule has 5 heteroatoms. The summed E-state index contributed by atoms with van der Waals surface area (Å²) >= 11 is 0. The highest BCUT2D eigenvalue weighted by Crippen LogP contribution is 2.29. The van der Waals surface area contributed by atoms with Crippen LogP contribution in [0.4, 0.5) is 0 Å². The average molecular weight is 263 g/mol. The van der Waals surface area contributed by atoms with Crippen LogP contribution in [0.15, 0.2) is 0 Å². The molecule has 0 saturated heterocycles. The van der Waals surface area contributed by atoms with Gasteiger partial charge in [0.2, 0.25) is 0 Å². The van der Waals surface area contributed by atoms with E-state index in [0.717, 1.165) is 6.42 Å². The Kier molecular flexibility index (Phi) is 10.6. The van der Waals surface area contributed by atoms with Crippen LogP contribution >= 0.6 is 0 Å². The van der Waals surface area contributed by atoms with E-state index in [1.807, 2.05) is 0 Å². The minimum absolute atomic E-state index is 0.106. The molecule has 5 nitrogen and oxygen atoms in total. The van der Waals surface area contributed by atoms with Crippen molar-refractivity contribution in [3.63, 3.8) is 0 Å². The van der Waals surface area contributed by atoms with Gasteiger partial charge in [-0.15, -0.1) is 0 Å². The molecular weight excluding hydrogens is 234 g/mol. The number of ether oxygens (including phenoxy) is 3. The van der Waals surface area contributed by atoms with Gasteiger partial charge in [-0.1, -0.05) is 13.8 Å². The molecule has 0 spiro atoms. The summed E-state index contributed by atoms with van der Waals surface area (Å²) in [4.78, 5) is 0. The molecular formula is C13H29NO4. The fourth-order valence-corrected chi connectivity index (χ4v) is 1.69. The molecule has 0 aromatic carbocycles. The van der Waals surface area contributed by atoms with Crippen molar-refractivity contribution in [2.24, 2.45) is 17.1 Å². The fraction of sp³-hybridized carbons (Fsp3) is 1.00. The Labute approximate surface area is 111 Å². The normalized spacial score (nSPS) is 15.0. The Morgan fingerprint density at radius 3 is 2.06 bits per heavy atom. The van der Waals surface area contributed by atoms with Gasteiger partial charge in [0.15, 0.2) is 0 Å². The molecule has 0 amide bonds. The lowest BCUT2D eigenvalue weighted by molar-refractivity contribution is 0.00108. The van der Waals surface area contributed by atoms with Crippen LogP contribution in [0.25, 0.3) is 0 Å². The number of hydrogen-bond acceptors (Lipinski definition) is 5.